The van der Waals surface area contributed by atoms with Crippen molar-refractivity contribution in [3.05, 3.63) is 34.9 Å². The van der Waals surface area contributed by atoms with E-state index >= 15 is 0 Å². The third kappa shape index (κ3) is 1.99. The summed E-state index contributed by atoms with van der Waals surface area (Å²) in [5, 5.41) is 0. The zero-order chi connectivity index (χ0) is 11.7. The van der Waals surface area contributed by atoms with Crippen LogP contribution < -0.4 is 0 Å². The lowest BCUT2D eigenvalue weighted by atomic mass is 9.83. The van der Waals surface area contributed by atoms with E-state index in [2.05, 4.69) is 0 Å². The van der Waals surface area contributed by atoms with Crippen LogP contribution in [-0.4, -0.2) is 5.78 Å². The summed E-state index contributed by atoms with van der Waals surface area (Å²) < 4.78 is 27.1. The molecule has 1 saturated carbocycles. The third-order valence-electron chi connectivity index (χ3n) is 3.23. The molecule has 0 radical (unpaired) electrons. The molecular weight excluding hydrogens is 210 g/mol. The normalized spacial score (nSPS) is 21.2. The molecule has 1 unspecified atom stereocenters. The molecule has 2 rings (SSSR count). The Hall–Kier alpha value is -1.25. The number of rotatable bonds is 1. The Morgan fingerprint density at radius 2 is 2.00 bits per heavy atom. The van der Waals surface area contributed by atoms with Crippen molar-refractivity contribution in [1.82, 2.24) is 0 Å². The number of benzene rings is 1. The standard InChI is InChI=1S/C13H14F2O/c1-8-5-6-11(13(15)12(8)14)9-3-2-4-10(16)7-9/h5-6,9H,2-4,7H2,1H3. The van der Waals surface area contributed by atoms with Crippen LogP contribution >= 0.6 is 0 Å². The van der Waals surface area contributed by atoms with Gasteiger partial charge in [0.1, 0.15) is 5.78 Å². The van der Waals surface area contributed by atoms with Gasteiger partial charge in [0.2, 0.25) is 0 Å². The number of carbonyl (C=O) groups excluding carboxylic acids is 1. The molecule has 0 amide bonds. The van der Waals surface area contributed by atoms with Gasteiger partial charge in [-0.2, -0.15) is 0 Å². The molecule has 16 heavy (non-hydrogen) atoms. The average Bonchev–Trinajstić information content (AvgIpc) is 2.26. The number of Topliss-reactive ketones (excluding diaryl/α,β-unsaturated/α-hetero) is 1. The van der Waals surface area contributed by atoms with Crippen molar-refractivity contribution in [2.45, 2.75) is 38.5 Å². The number of halogens is 2. The molecule has 0 aliphatic heterocycles. The van der Waals surface area contributed by atoms with Crippen LogP contribution in [0.3, 0.4) is 0 Å². The summed E-state index contributed by atoms with van der Waals surface area (Å²) in [7, 11) is 0. The average molecular weight is 224 g/mol. The lowest BCUT2D eigenvalue weighted by Gasteiger charge is -2.22. The fourth-order valence-corrected chi connectivity index (χ4v) is 2.27. The lowest BCUT2D eigenvalue weighted by molar-refractivity contribution is -0.120. The topological polar surface area (TPSA) is 17.1 Å². The highest BCUT2D eigenvalue weighted by atomic mass is 19.2. The molecule has 0 spiro atoms. The molecule has 0 saturated heterocycles. The van der Waals surface area contributed by atoms with Crippen LogP contribution in [0.1, 0.15) is 42.7 Å². The SMILES string of the molecule is Cc1ccc(C2CCCC(=O)C2)c(F)c1F. The molecule has 0 N–H and O–H groups in total. The maximum absolute atomic E-state index is 13.7. The number of hydrogen-bond acceptors (Lipinski definition) is 1. The minimum absolute atomic E-state index is 0.142. The molecular formula is C13H14F2O. The molecule has 86 valence electrons. The molecule has 0 heterocycles. The summed E-state index contributed by atoms with van der Waals surface area (Å²) in [6, 6.07) is 3.18. The lowest BCUT2D eigenvalue weighted by Crippen LogP contribution is -2.15. The molecule has 1 aliphatic rings. The van der Waals surface area contributed by atoms with Crippen molar-refractivity contribution >= 4 is 5.78 Å². The quantitative estimate of drug-likeness (QED) is 0.713. The first kappa shape index (κ1) is 11.2. The summed E-state index contributed by atoms with van der Waals surface area (Å²) in [6.45, 7) is 1.54. The van der Waals surface area contributed by atoms with E-state index in [0.29, 0.717) is 24.0 Å². The van der Waals surface area contributed by atoms with Crippen LogP contribution in [0.25, 0.3) is 0 Å². The zero-order valence-electron chi connectivity index (χ0n) is 9.22. The fraction of sp³-hybridized carbons (Fsp3) is 0.462. The Morgan fingerprint density at radius 3 is 2.69 bits per heavy atom. The third-order valence-corrected chi connectivity index (χ3v) is 3.23. The minimum atomic E-state index is -0.782. The maximum atomic E-state index is 13.7. The summed E-state index contributed by atoms with van der Waals surface area (Å²) >= 11 is 0. The molecule has 1 aromatic carbocycles. The molecule has 1 fully saturated rings. The van der Waals surface area contributed by atoms with E-state index in [4.69, 9.17) is 0 Å². The van der Waals surface area contributed by atoms with Crippen LogP contribution in [0, 0.1) is 18.6 Å². The Bertz CT molecular complexity index is 426. The van der Waals surface area contributed by atoms with Gasteiger partial charge in [-0.3, -0.25) is 4.79 Å². The van der Waals surface area contributed by atoms with Gasteiger partial charge < -0.3 is 0 Å². The first-order valence-corrected chi connectivity index (χ1v) is 5.56. The van der Waals surface area contributed by atoms with Crippen molar-refractivity contribution in [2.24, 2.45) is 0 Å². The van der Waals surface area contributed by atoms with Gasteiger partial charge in [-0.05, 0) is 36.8 Å². The summed E-state index contributed by atoms with van der Waals surface area (Å²) in [6.07, 6.45) is 2.47. The van der Waals surface area contributed by atoms with Crippen LogP contribution in [0.4, 0.5) is 8.78 Å². The molecule has 1 atom stereocenters. The minimum Gasteiger partial charge on any atom is -0.300 e. The van der Waals surface area contributed by atoms with Gasteiger partial charge in [-0.1, -0.05) is 12.1 Å². The van der Waals surface area contributed by atoms with Gasteiger partial charge in [0.25, 0.3) is 0 Å². The smallest absolute Gasteiger partial charge is 0.162 e. The van der Waals surface area contributed by atoms with Gasteiger partial charge in [-0.25, -0.2) is 8.78 Å². The van der Waals surface area contributed by atoms with Crippen LogP contribution in [0.5, 0.6) is 0 Å². The molecule has 0 bridgehead atoms. The highest BCUT2D eigenvalue weighted by molar-refractivity contribution is 5.80. The first-order valence-electron chi connectivity index (χ1n) is 5.56. The maximum Gasteiger partial charge on any atom is 0.162 e. The van der Waals surface area contributed by atoms with E-state index in [-0.39, 0.29) is 11.7 Å². The van der Waals surface area contributed by atoms with E-state index in [0.717, 1.165) is 12.8 Å². The predicted octanol–water partition coefficient (Wildman–Crippen LogP) is 3.50. The van der Waals surface area contributed by atoms with Crippen molar-refractivity contribution in [3.63, 3.8) is 0 Å². The largest absolute Gasteiger partial charge is 0.300 e. The second-order valence-corrected chi connectivity index (χ2v) is 4.43. The van der Waals surface area contributed by atoms with E-state index in [1.54, 1.807) is 12.1 Å². The summed E-state index contributed by atoms with van der Waals surface area (Å²) in [4.78, 5) is 11.3. The van der Waals surface area contributed by atoms with Gasteiger partial charge in [-0.15, -0.1) is 0 Å². The Balaban J connectivity index is 2.33. The van der Waals surface area contributed by atoms with Crippen LogP contribution in [0.2, 0.25) is 0 Å². The van der Waals surface area contributed by atoms with Gasteiger partial charge in [0, 0.05) is 12.8 Å². The molecule has 3 heteroatoms. The summed E-state index contributed by atoms with van der Waals surface area (Å²) in [5.41, 5.74) is 0.666. The van der Waals surface area contributed by atoms with Crippen LogP contribution in [0.15, 0.2) is 12.1 Å². The number of aryl methyl sites for hydroxylation is 1. The van der Waals surface area contributed by atoms with Crippen molar-refractivity contribution in [3.8, 4) is 0 Å². The van der Waals surface area contributed by atoms with E-state index in [1.807, 2.05) is 0 Å². The van der Waals surface area contributed by atoms with Crippen molar-refractivity contribution < 1.29 is 13.6 Å². The predicted molar refractivity (Wildman–Crippen MR) is 57.3 cm³/mol. The van der Waals surface area contributed by atoms with Crippen molar-refractivity contribution in [2.75, 3.05) is 0 Å². The molecule has 0 aromatic heterocycles. The highest BCUT2D eigenvalue weighted by Gasteiger charge is 2.25. The zero-order valence-corrected chi connectivity index (χ0v) is 9.22. The number of hydrogen-bond donors (Lipinski definition) is 0. The molecule has 1 aliphatic carbocycles. The Labute approximate surface area is 93.5 Å². The second-order valence-electron chi connectivity index (χ2n) is 4.43. The van der Waals surface area contributed by atoms with Gasteiger partial charge >= 0.3 is 0 Å². The molecule has 1 aromatic rings. The summed E-state index contributed by atoms with van der Waals surface area (Å²) in [5.74, 6) is -1.55. The van der Waals surface area contributed by atoms with Crippen molar-refractivity contribution in [1.29, 1.82) is 0 Å². The second kappa shape index (κ2) is 4.32. The monoisotopic (exact) mass is 224 g/mol. The van der Waals surface area contributed by atoms with E-state index in [1.165, 1.54) is 6.92 Å². The Kier molecular flexibility index (Phi) is 3.03. The number of ketones is 1. The van der Waals surface area contributed by atoms with Gasteiger partial charge in [0.15, 0.2) is 11.6 Å². The van der Waals surface area contributed by atoms with Gasteiger partial charge in [0.05, 0.1) is 0 Å². The highest BCUT2D eigenvalue weighted by Crippen LogP contribution is 2.33. The molecule has 1 nitrogen and oxygen atoms in total. The Morgan fingerprint density at radius 1 is 1.25 bits per heavy atom. The fourth-order valence-electron chi connectivity index (χ4n) is 2.27. The van der Waals surface area contributed by atoms with E-state index < -0.39 is 11.6 Å². The van der Waals surface area contributed by atoms with E-state index in [9.17, 15) is 13.6 Å². The number of carbonyl (C=O) groups is 1. The first-order chi connectivity index (χ1) is 7.59. The van der Waals surface area contributed by atoms with Crippen LogP contribution in [-0.2, 0) is 4.79 Å².